The molecule has 1 saturated heterocycles. The number of benzene rings is 1. The second kappa shape index (κ2) is 8.08. The highest BCUT2D eigenvalue weighted by Gasteiger charge is 2.34. The van der Waals surface area contributed by atoms with Gasteiger partial charge >= 0.3 is 5.97 Å². The number of anilines is 2. The lowest BCUT2D eigenvalue weighted by molar-refractivity contribution is -0.146. The standard InChI is InChI=1S/C20H25FN2O4/c1-12-10-23(11-13(2)27-12)18-8-7-14(9-17(18)21)22-19(24)15-5-3-4-6-16(15)20(25)26/h3-4,7-9,12-13,15-16H,5-6,10-11H2,1-2H3,(H,22,24)(H,25,26)/t12-,13-,15-,16-/m1/s1. The number of rotatable bonds is 4. The SMILES string of the molecule is C[C@@H]1CN(c2ccc(NC(=O)[C@@H]3CC=CC[C@H]3C(=O)O)cc2F)C[C@@H](C)O1. The summed E-state index contributed by atoms with van der Waals surface area (Å²) in [4.78, 5) is 25.8. The minimum atomic E-state index is -0.989. The smallest absolute Gasteiger partial charge is 0.307 e. The van der Waals surface area contributed by atoms with E-state index in [9.17, 15) is 19.1 Å². The molecule has 146 valence electrons. The Morgan fingerprint density at radius 2 is 1.78 bits per heavy atom. The van der Waals surface area contributed by atoms with Crippen molar-refractivity contribution in [2.75, 3.05) is 23.3 Å². The van der Waals surface area contributed by atoms with Gasteiger partial charge in [0.2, 0.25) is 5.91 Å². The molecule has 1 aliphatic heterocycles. The molecule has 2 aliphatic rings. The van der Waals surface area contributed by atoms with Crippen molar-refractivity contribution in [2.45, 2.75) is 38.9 Å². The van der Waals surface area contributed by atoms with Crippen LogP contribution in [0.15, 0.2) is 30.4 Å². The highest BCUT2D eigenvalue weighted by atomic mass is 19.1. The first-order valence-corrected chi connectivity index (χ1v) is 9.23. The van der Waals surface area contributed by atoms with Crippen LogP contribution in [0.3, 0.4) is 0 Å². The number of carbonyl (C=O) groups is 2. The van der Waals surface area contributed by atoms with Crippen LogP contribution >= 0.6 is 0 Å². The van der Waals surface area contributed by atoms with Crippen molar-refractivity contribution in [2.24, 2.45) is 11.8 Å². The molecule has 1 amide bonds. The van der Waals surface area contributed by atoms with Gasteiger partial charge in [0.15, 0.2) is 0 Å². The van der Waals surface area contributed by atoms with Crippen molar-refractivity contribution in [3.05, 3.63) is 36.2 Å². The fourth-order valence-corrected chi connectivity index (χ4v) is 3.83. The van der Waals surface area contributed by atoms with E-state index in [1.165, 1.54) is 6.07 Å². The number of carboxylic acid groups (broad SMARTS) is 1. The number of nitrogens with zero attached hydrogens (tertiary/aromatic N) is 1. The van der Waals surface area contributed by atoms with Crippen LogP contribution in [-0.4, -0.2) is 42.3 Å². The molecule has 4 atom stereocenters. The quantitative estimate of drug-likeness (QED) is 0.790. The molecule has 7 heteroatoms. The van der Waals surface area contributed by atoms with E-state index in [1.54, 1.807) is 18.2 Å². The van der Waals surface area contributed by atoms with Gasteiger partial charge in [-0.15, -0.1) is 0 Å². The maximum atomic E-state index is 14.6. The van der Waals surface area contributed by atoms with Gasteiger partial charge in [-0.25, -0.2) is 4.39 Å². The summed E-state index contributed by atoms with van der Waals surface area (Å²) < 4.78 is 20.3. The maximum Gasteiger partial charge on any atom is 0.307 e. The second-order valence-corrected chi connectivity index (χ2v) is 7.31. The van der Waals surface area contributed by atoms with Crippen molar-refractivity contribution in [3.8, 4) is 0 Å². The lowest BCUT2D eigenvalue weighted by Crippen LogP contribution is -2.45. The Kier molecular flexibility index (Phi) is 5.79. The second-order valence-electron chi connectivity index (χ2n) is 7.31. The normalized spacial score (nSPS) is 28.0. The first-order valence-electron chi connectivity index (χ1n) is 9.23. The molecule has 1 aromatic carbocycles. The summed E-state index contributed by atoms with van der Waals surface area (Å²) in [5.41, 5.74) is 0.799. The van der Waals surface area contributed by atoms with Crippen molar-refractivity contribution in [3.63, 3.8) is 0 Å². The summed E-state index contributed by atoms with van der Waals surface area (Å²) >= 11 is 0. The van der Waals surface area contributed by atoms with E-state index in [4.69, 9.17) is 4.74 Å². The molecule has 6 nitrogen and oxygen atoms in total. The number of hydrogen-bond acceptors (Lipinski definition) is 4. The first kappa shape index (κ1) is 19.4. The van der Waals surface area contributed by atoms with Crippen LogP contribution in [-0.2, 0) is 14.3 Å². The molecule has 2 N–H and O–H groups in total. The molecule has 27 heavy (non-hydrogen) atoms. The van der Waals surface area contributed by atoms with E-state index in [2.05, 4.69) is 5.32 Å². The third-order valence-corrected chi connectivity index (χ3v) is 5.06. The van der Waals surface area contributed by atoms with Crippen LogP contribution in [0.1, 0.15) is 26.7 Å². The third kappa shape index (κ3) is 4.47. The van der Waals surface area contributed by atoms with Gasteiger partial charge in [0, 0.05) is 18.8 Å². The van der Waals surface area contributed by atoms with E-state index >= 15 is 0 Å². The topological polar surface area (TPSA) is 78.9 Å². The molecule has 0 aromatic heterocycles. The Morgan fingerprint density at radius 1 is 1.15 bits per heavy atom. The zero-order chi connectivity index (χ0) is 19.6. The fourth-order valence-electron chi connectivity index (χ4n) is 3.83. The van der Waals surface area contributed by atoms with Gasteiger partial charge < -0.3 is 20.1 Å². The number of hydrogen-bond donors (Lipinski definition) is 2. The molecule has 1 aromatic rings. The Hall–Kier alpha value is -2.41. The fraction of sp³-hybridized carbons (Fsp3) is 0.500. The maximum absolute atomic E-state index is 14.6. The van der Waals surface area contributed by atoms with Crippen LogP contribution in [0.5, 0.6) is 0 Å². The number of nitrogens with one attached hydrogen (secondary N) is 1. The predicted octanol–water partition coefficient (Wildman–Crippen LogP) is 3.04. The monoisotopic (exact) mass is 376 g/mol. The van der Waals surface area contributed by atoms with Gasteiger partial charge in [-0.1, -0.05) is 12.2 Å². The molecule has 1 aliphatic carbocycles. The highest BCUT2D eigenvalue weighted by Crippen LogP contribution is 2.29. The largest absolute Gasteiger partial charge is 0.481 e. The number of aliphatic carboxylic acids is 1. The van der Waals surface area contributed by atoms with Crippen LogP contribution < -0.4 is 10.2 Å². The van der Waals surface area contributed by atoms with Gasteiger partial charge in [-0.05, 0) is 44.9 Å². The summed E-state index contributed by atoms with van der Waals surface area (Å²) in [6.45, 7) is 5.10. The van der Waals surface area contributed by atoms with Gasteiger partial charge in [0.1, 0.15) is 5.82 Å². The summed E-state index contributed by atoms with van der Waals surface area (Å²) in [5, 5.41) is 12.0. The van der Waals surface area contributed by atoms with Gasteiger partial charge in [0.25, 0.3) is 0 Å². The number of halogens is 1. The van der Waals surface area contributed by atoms with Crippen molar-refractivity contribution < 1.29 is 23.8 Å². The number of allylic oxidation sites excluding steroid dienone is 2. The summed E-state index contributed by atoms with van der Waals surface area (Å²) in [5.74, 6) is -3.22. The zero-order valence-electron chi connectivity index (χ0n) is 15.5. The minimum Gasteiger partial charge on any atom is -0.481 e. The summed E-state index contributed by atoms with van der Waals surface area (Å²) in [6, 6.07) is 4.58. The molecular formula is C20H25FN2O4. The Labute approximate surface area is 158 Å². The number of amides is 1. The minimum absolute atomic E-state index is 0.0137. The van der Waals surface area contributed by atoms with E-state index in [0.29, 0.717) is 37.3 Å². The summed E-state index contributed by atoms with van der Waals surface area (Å²) in [6.07, 6.45) is 4.32. The van der Waals surface area contributed by atoms with E-state index in [0.717, 1.165) is 0 Å². The molecule has 3 rings (SSSR count). The number of carboxylic acids is 1. The summed E-state index contributed by atoms with van der Waals surface area (Å²) in [7, 11) is 0. The van der Waals surface area contributed by atoms with E-state index < -0.39 is 29.5 Å². The molecule has 0 unspecified atom stereocenters. The number of ether oxygens (including phenoxy) is 1. The zero-order valence-corrected chi connectivity index (χ0v) is 15.5. The lowest BCUT2D eigenvalue weighted by atomic mass is 9.82. The average Bonchev–Trinajstić information content (AvgIpc) is 2.60. The molecular weight excluding hydrogens is 351 g/mol. The highest BCUT2D eigenvalue weighted by molar-refractivity contribution is 5.95. The average molecular weight is 376 g/mol. The van der Waals surface area contributed by atoms with Crippen LogP contribution in [0.2, 0.25) is 0 Å². The van der Waals surface area contributed by atoms with Crippen molar-refractivity contribution >= 4 is 23.3 Å². The van der Waals surface area contributed by atoms with Crippen LogP contribution in [0.4, 0.5) is 15.8 Å². The van der Waals surface area contributed by atoms with E-state index in [-0.39, 0.29) is 12.2 Å². The van der Waals surface area contributed by atoms with Gasteiger partial charge in [-0.2, -0.15) is 0 Å². The number of carbonyl (C=O) groups excluding carboxylic acids is 1. The number of morpholine rings is 1. The Bertz CT molecular complexity index is 741. The first-order chi connectivity index (χ1) is 12.8. The predicted molar refractivity (Wildman–Crippen MR) is 100 cm³/mol. The van der Waals surface area contributed by atoms with E-state index in [1.807, 2.05) is 24.8 Å². The molecule has 0 radical (unpaired) electrons. The Morgan fingerprint density at radius 3 is 2.37 bits per heavy atom. The van der Waals surface area contributed by atoms with Gasteiger partial charge in [0.05, 0.1) is 29.7 Å². The molecule has 1 fully saturated rings. The van der Waals surface area contributed by atoms with Crippen molar-refractivity contribution in [1.29, 1.82) is 0 Å². The molecule has 1 heterocycles. The van der Waals surface area contributed by atoms with Gasteiger partial charge in [-0.3, -0.25) is 9.59 Å². The van der Waals surface area contributed by atoms with Crippen LogP contribution in [0.25, 0.3) is 0 Å². The lowest BCUT2D eigenvalue weighted by Gasteiger charge is -2.37. The third-order valence-electron chi connectivity index (χ3n) is 5.06. The molecule has 0 bridgehead atoms. The molecule has 0 saturated carbocycles. The Balaban J connectivity index is 1.71. The van der Waals surface area contributed by atoms with Crippen LogP contribution in [0, 0.1) is 17.7 Å². The molecule has 0 spiro atoms. The van der Waals surface area contributed by atoms with Crippen molar-refractivity contribution in [1.82, 2.24) is 0 Å².